The van der Waals surface area contributed by atoms with Crippen molar-refractivity contribution in [1.29, 1.82) is 0 Å². The van der Waals surface area contributed by atoms with Gasteiger partial charge in [0.1, 0.15) is 6.17 Å². The number of furan rings is 1. The summed E-state index contributed by atoms with van der Waals surface area (Å²) < 4.78 is 32.1. The number of esters is 2. The Kier molecular flexibility index (Phi) is 5.62. The van der Waals surface area contributed by atoms with Crippen LogP contribution in [-0.4, -0.2) is 52.7 Å². The van der Waals surface area contributed by atoms with Gasteiger partial charge in [0.2, 0.25) is 11.4 Å². The summed E-state index contributed by atoms with van der Waals surface area (Å²) in [6.07, 6.45) is 3.29. The van der Waals surface area contributed by atoms with Gasteiger partial charge in [-0.25, -0.2) is 14.0 Å². The fourth-order valence-corrected chi connectivity index (χ4v) is 8.45. The number of methoxy groups -OCH3 is 1. The van der Waals surface area contributed by atoms with Crippen molar-refractivity contribution < 1.29 is 37.8 Å². The van der Waals surface area contributed by atoms with E-state index in [2.05, 4.69) is 0 Å². The largest absolute Gasteiger partial charge is 0.466 e. The summed E-state index contributed by atoms with van der Waals surface area (Å²) in [5, 5.41) is 11.7. The van der Waals surface area contributed by atoms with Gasteiger partial charge >= 0.3 is 11.9 Å². The molecule has 5 rings (SSSR count). The Balaban J connectivity index is 1.64. The molecule has 0 aliphatic heterocycles. The molecule has 4 aliphatic carbocycles. The van der Waals surface area contributed by atoms with Crippen LogP contribution >= 0.6 is 11.6 Å². The number of carbonyl (C=O) groups excluding carboxylic acids is 3. The smallest absolute Gasteiger partial charge is 0.375 e. The van der Waals surface area contributed by atoms with Crippen LogP contribution in [-0.2, 0) is 19.1 Å². The number of hydrogen-bond donors (Lipinski definition) is 1. The molecule has 1 aromatic rings. The monoisotopic (exact) mass is 520 g/mol. The lowest BCUT2D eigenvalue weighted by Crippen LogP contribution is -2.70. The van der Waals surface area contributed by atoms with Crippen molar-refractivity contribution in [1.82, 2.24) is 0 Å². The molecule has 2 unspecified atom stereocenters. The number of hydrogen-bond acceptors (Lipinski definition) is 7. The predicted molar refractivity (Wildman–Crippen MR) is 127 cm³/mol. The predicted octanol–water partition coefficient (Wildman–Crippen LogP) is 4.18. The average Bonchev–Trinajstić information content (AvgIpc) is 3.44. The maximum Gasteiger partial charge on any atom is 0.375 e. The third-order valence-corrected chi connectivity index (χ3v) is 10.6. The number of halogens is 2. The van der Waals surface area contributed by atoms with Crippen LogP contribution < -0.4 is 0 Å². The zero-order valence-corrected chi connectivity index (χ0v) is 21.4. The van der Waals surface area contributed by atoms with E-state index in [9.17, 15) is 19.5 Å². The van der Waals surface area contributed by atoms with Gasteiger partial charge in [-0.1, -0.05) is 26.8 Å². The van der Waals surface area contributed by atoms with E-state index >= 15 is 4.39 Å². The van der Waals surface area contributed by atoms with E-state index in [-0.39, 0.29) is 35.9 Å². The fraction of sp³-hybridized carbons (Fsp3) is 0.593. The number of fused-ring (bicyclic) bond motifs is 5. The van der Waals surface area contributed by atoms with Gasteiger partial charge in [0, 0.05) is 16.7 Å². The molecule has 0 aromatic carbocycles. The topological polar surface area (TPSA) is 103 Å². The van der Waals surface area contributed by atoms with Crippen LogP contribution in [0.4, 0.5) is 4.39 Å². The number of aliphatic hydroxyl groups is 1. The molecule has 1 aromatic heterocycles. The minimum absolute atomic E-state index is 0.00412. The first-order valence-corrected chi connectivity index (χ1v) is 12.6. The third kappa shape index (κ3) is 2.91. The normalized spacial score (nSPS) is 45.2. The van der Waals surface area contributed by atoms with E-state index in [1.165, 1.54) is 37.7 Å². The maximum absolute atomic E-state index is 15.7. The molecule has 36 heavy (non-hydrogen) atoms. The molecule has 194 valence electrons. The summed E-state index contributed by atoms with van der Waals surface area (Å²) in [4.78, 5) is 37.3. The van der Waals surface area contributed by atoms with Crippen LogP contribution in [0.1, 0.15) is 50.6 Å². The number of allylic oxidation sites excluding steroid dienone is 4. The van der Waals surface area contributed by atoms with Gasteiger partial charge in [0.15, 0.2) is 5.78 Å². The van der Waals surface area contributed by atoms with Crippen LogP contribution in [0.2, 0.25) is 0 Å². The van der Waals surface area contributed by atoms with Crippen molar-refractivity contribution in [2.45, 2.75) is 62.8 Å². The number of ether oxygens (including phenoxy) is 2. The first-order valence-electron chi connectivity index (χ1n) is 12.2. The first-order chi connectivity index (χ1) is 16.9. The summed E-state index contributed by atoms with van der Waals surface area (Å²) in [7, 11) is 1.22. The summed E-state index contributed by atoms with van der Waals surface area (Å²) in [6, 6.07) is 2.97. The molecule has 0 spiro atoms. The van der Waals surface area contributed by atoms with Gasteiger partial charge in [0.25, 0.3) is 0 Å². The van der Waals surface area contributed by atoms with Gasteiger partial charge in [-0.05, 0) is 61.0 Å². The van der Waals surface area contributed by atoms with Crippen LogP contribution in [0, 0.1) is 28.6 Å². The number of aliphatic hydroxyl groups excluding tert-OH is 1. The maximum atomic E-state index is 15.7. The molecule has 7 nitrogen and oxygen atoms in total. The lowest BCUT2D eigenvalue weighted by molar-refractivity contribution is -0.199. The number of alkyl halides is 2. The van der Waals surface area contributed by atoms with Crippen LogP contribution in [0.5, 0.6) is 0 Å². The Bertz CT molecular complexity index is 1180. The zero-order chi connectivity index (χ0) is 26.3. The Labute approximate surface area is 213 Å². The lowest BCUT2D eigenvalue weighted by Gasteiger charge is -2.64. The highest BCUT2D eigenvalue weighted by atomic mass is 35.5. The molecule has 9 atom stereocenters. The van der Waals surface area contributed by atoms with Gasteiger partial charge in [-0.2, -0.15) is 0 Å². The second-order valence-electron chi connectivity index (χ2n) is 11.1. The van der Waals surface area contributed by atoms with Crippen LogP contribution in [0.25, 0.3) is 0 Å². The van der Waals surface area contributed by atoms with Crippen LogP contribution in [0.3, 0.4) is 0 Å². The lowest BCUT2D eigenvalue weighted by atomic mass is 9.45. The highest BCUT2D eigenvalue weighted by molar-refractivity contribution is 6.26. The van der Waals surface area contributed by atoms with Crippen molar-refractivity contribution >= 4 is 29.3 Å². The van der Waals surface area contributed by atoms with E-state index in [1.54, 1.807) is 26.8 Å². The summed E-state index contributed by atoms with van der Waals surface area (Å²) in [6.45, 7) is 5.33. The van der Waals surface area contributed by atoms with Gasteiger partial charge in [0.05, 0.1) is 24.4 Å². The minimum Gasteiger partial charge on any atom is -0.466 e. The van der Waals surface area contributed by atoms with Crippen molar-refractivity contribution in [3.8, 4) is 0 Å². The highest BCUT2D eigenvalue weighted by Gasteiger charge is 2.78. The molecular formula is C27H30ClFO7. The number of rotatable bonds is 3. The molecule has 1 N–H and O–H groups in total. The Morgan fingerprint density at radius 2 is 1.97 bits per heavy atom. The Hall–Kier alpha value is -2.45. The van der Waals surface area contributed by atoms with E-state index in [0.29, 0.717) is 6.42 Å². The average molecular weight is 521 g/mol. The van der Waals surface area contributed by atoms with Crippen molar-refractivity contribution in [3.05, 3.63) is 48.0 Å². The molecule has 1 heterocycles. The van der Waals surface area contributed by atoms with Crippen LogP contribution in [0.15, 0.2) is 46.6 Å². The molecule has 0 bridgehead atoms. The Morgan fingerprint density at radius 1 is 1.25 bits per heavy atom. The van der Waals surface area contributed by atoms with E-state index < -0.39 is 57.4 Å². The first kappa shape index (κ1) is 25.2. The number of carbonyl (C=O) groups is 3. The van der Waals surface area contributed by atoms with Crippen molar-refractivity contribution in [3.63, 3.8) is 0 Å². The summed E-state index contributed by atoms with van der Waals surface area (Å²) >= 11 is 7.37. The second-order valence-corrected chi connectivity index (χ2v) is 11.7. The minimum atomic E-state index is -1.75. The molecular weight excluding hydrogens is 491 g/mol. The fourth-order valence-electron chi connectivity index (χ4n) is 7.96. The molecule has 0 amide bonds. The van der Waals surface area contributed by atoms with Crippen molar-refractivity contribution in [2.75, 3.05) is 7.11 Å². The van der Waals surface area contributed by atoms with Gasteiger partial charge in [-0.3, -0.25) is 4.79 Å². The zero-order valence-electron chi connectivity index (χ0n) is 20.6. The highest BCUT2D eigenvalue weighted by Crippen LogP contribution is 2.72. The second kappa shape index (κ2) is 8.02. The molecule has 3 saturated carbocycles. The van der Waals surface area contributed by atoms with E-state index in [0.717, 1.165) is 0 Å². The standard InChI is InChI=1S/C27H30ClFO7/c1-14-10-16-17-12-19(29)18-11-15(30)7-8-24(18,2)26(17,28)21(31)13-25(16,3)27(14,23(33)34-4)36-22(32)20-6-5-9-35-20/h5-9,11,14,16-17,19,21,31H,10,12-13H2,1-4H3/t14-,16?,17?,19+,21+,24+,25+,26+,27+/m1/s1. The molecule has 0 radical (unpaired) electrons. The van der Waals surface area contributed by atoms with E-state index in [1.807, 2.05) is 0 Å². The Morgan fingerprint density at radius 3 is 2.61 bits per heavy atom. The molecule has 9 heteroatoms. The van der Waals surface area contributed by atoms with E-state index in [4.69, 9.17) is 25.5 Å². The number of ketones is 1. The summed E-state index contributed by atoms with van der Waals surface area (Å²) in [5.41, 5.74) is -3.72. The third-order valence-electron chi connectivity index (χ3n) is 9.63. The SMILES string of the molecule is COC(=O)[C@@]1(OC(=O)c2ccco2)[C@H](C)CC2C3C[C@H](F)C4=CC(=O)C=C[C@]4(C)[C@@]3(Cl)[C@@H](O)C[C@@]21C. The summed E-state index contributed by atoms with van der Waals surface area (Å²) in [5.74, 6) is -3.44. The molecule has 4 aliphatic rings. The molecule has 0 saturated heterocycles. The molecule has 3 fully saturated rings. The van der Waals surface area contributed by atoms with Crippen molar-refractivity contribution in [2.24, 2.45) is 28.6 Å². The van der Waals surface area contributed by atoms with Gasteiger partial charge < -0.3 is 19.0 Å². The van der Waals surface area contributed by atoms with Gasteiger partial charge in [-0.15, -0.1) is 11.6 Å². The quantitative estimate of drug-likeness (QED) is 0.471.